The van der Waals surface area contributed by atoms with Gasteiger partial charge in [0.25, 0.3) is 0 Å². The van der Waals surface area contributed by atoms with E-state index in [9.17, 15) is 4.79 Å². The van der Waals surface area contributed by atoms with Crippen molar-refractivity contribution in [3.8, 4) is 0 Å². The highest BCUT2D eigenvalue weighted by Gasteiger charge is 2.40. The predicted octanol–water partition coefficient (Wildman–Crippen LogP) is 2.24. The van der Waals surface area contributed by atoms with Gasteiger partial charge in [-0.3, -0.25) is 0 Å². The maximum absolute atomic E-state index is 12.1. The molecule has 1 N–H and O–H groups in total. The van der Waals surface area contributed by atoms with Crippen LogP contribution in [0, 0.1) is 11.8 Å². The molecule has 3 unspecified atom stereocenters. The van der Waals surface area contributed by atoms with E-state index in [-0.39, 0.29) is 6.09 Å². The molecule has 0 aromatic rings. The molecule has 0 aromatic heterocycles. The summed E-state index contributed by atoms with van der Waals surface area (Å²) in [6.07, 6.45) is 3.45. The first kappa shape index (κ1) is 13.7. The first-order valence-corrected chi connectivity index (χ1v) is 7.05. The summed E-state index contributed by atoms with van der Waals surface area (Å²) in [6.45, 7) is 7.91. The van der Waals surface area contributed by atoms with E-state index in [4.69, 9.17) is 4.74 Å². The highest BCUT2D eigenvalue weighted by Crippen LogP contribution is 2.35. The number of amides is 1. The second-order valence-electron chi connectivity index (χ2n) is 6.67. The Morgan fingerprint density at radius 3 is 2.67 bits per heavy atom. The third kappa shape index (κ3) is 2.97. The largest absolute Gasteiger partial charge is 0.444 e. The molecule has 3 atom stereocenters. The third-order valence-electron chi connectivity index (χ3n) is 4.14. The summed E-state index contributed by atoms with van der Waals surface area (Å²) in [7, 11) is 1.89. The van der Waals surface area contributed by atoms with Crippen LogP contribution >= 0.6 is 0 Å². The Morgan fingerprint density at radius 1 is 1.28 bits per heavy atom. The smallest absolute Gasteiger partial charge is 0.410 e. The van der Waals surface area contributed by atoms with Gasteiger partial charge in [0.1, 0.15) is 5.60 Å². The summed E-state index contributed by atoms with van der Waals surface area (Å²) in [5, 5.41) is 3.46. The van der Waals surface area contributed by atoms with E-state index in [1.54, 1.807) is 0 Å². The number of nitrogens with zero attached hydrogens (tertiary/aromatic N) is 1. The number of carbonyl (C=O) groups is 1. The Hall–Kier alpha value is -0.770. The minimum atomic E-state index is -0.409. The predicted molar refractivity (Wildman–Crippen MR) is 71.5 cm³/mol. The molecule has 1 aliphatic carbocycles. The van der Waals surface area contributed by atoms with Crippen molar-refractivity contribution in [2.75, 3.05) is 20.1 Å². The molecule has 1 saturated carbocycles. The summed E-state index contributed by atoms with van der Waals surface area (Å²) >= 11 is 0. The molecular formula is C14H26N2O2. The second kappa shape index (κ2) is 5.08. The average Bonchev–Trinajstić information content (AvgIpc) is 2.73. The summed E-state index contributed by atoms with van der Waals surface area (Å²) < 4.78 is 5.47. The molecular weight excluding hydrogens is 228 g/mol. The summed E-state index contributed by atoms with van der Waals surface area (Å²) in [6, 6.07) is 0.341. The Balaban J connectivity index is 1.99. The van der Waals surface area contributed by atoms with Gasteiger partial charge in [0.2, 0.25) is 0 Å². The topological polar surface area (TPSA) is 41.6 Å². The average molecular weight is 254 g/mol. The molecule has 0 aromatic carbocycles. The van der Waals surface area contributed by atoms with E-state index < -0.39 is 5.60 Å². The van der Waals surface area contributed by atoms with Gasteiger partial charge >= 0.3 is 6.09 Å². The lowest BCUT2D eigenvalue weighted by Gasteiger charge is -2.39. The van der Waals surface area contributed by atoms with Gasteiger partial charge in [-0.15, -0.1) is 0 Å². The summed E-state index contributed by atoms with van der Waals surface area (Å²) in [4.78, 5) is 14.0. The van der Waals surface area contributed by atoms with Crippen molar-refractivity contribution in [2.24, 2.45) is 11.8 Å². The molecule has 2 aliphatic rings. The molecule has 4 heteroatoms. The molecule has 2 fully saturated rings. The van der Waals surface area contributed by atoms with Gasteiger partial charge < -0.3 is 15.0 Å². The fourth-order valence-corrected chi connectivity index (χ4v) is 3.27. The maximum atomic E-state index is 12.1. The lowest BCUT2D eigenvalue weighted by atomic mass is 9.77. The molecule has 0 bridgehead atoms. The van der Waals surface area contributed by atoms with Gasteiger partial charge in [-0.05, 0) is 52.0 Å². The molecule has 1 saturated heterocycles. The first-order chi connectivity index (χ1) is 8.38. The van der Waals surface area contributed by atoms with Crippen LogP contribution in [0.15, 0.2) is 0 Å². The molecule has 0 radical (unpaired) electrons. The monoisotopic (exact) mass is 254 g/mol. The highest BCUT2D eigenvalue weighted by atomic mass is 16.6. The quantitative estimate of drug-likeness (QED) is 0.780. The molecule has 1 heterocycles. The van der Waals surface area contributed by atoms with Crippen LogP contribution in [0.1, 0.15) is 40.0 Å². The molecule has 1 aliphatic heterocycles. The lowest BCUT2D eigenvalue weighted by molar-refractivity contribution is 0.00952. The zero-order valence-corrected chi connectivity index (χ0v) is 12.0. The van der Waals surface area contributed by atoms with Crippen LogP contribution in [0.25, 0.3) is 0 Å². The van der Waals surface area contributed by atoms with Gasteiger partial charge in [-0.2, -0.15) is 0 Å². The lowest BCUT2D eigenvalue weighted by Crippen LogP contribution is -2.48. The fourth-order valence-electron chi connectivity index (χ4n) is 3.27. The molecule has 4 nitrogen and oxygen atoms in total. The van der Waals surface area contributed by atoms with Crippen LogP contribution in [0.5, 0.6) is 0 Å². The standard InChI is InChI=1S/C14H26N2O2/c1-14(2,3)18-13(17)16(4)12-7-5-6-10-8-15-9-11(10)12/h10-12,15H,5-9H2,1-4H3. The van der Waals surface area contributed by atoms with Crippen molar-refractivity contribution in [1.82, 2.24) is 10.2 Å². The van der Waals surface area contributed by atoms with Crippen LogP contribution in [0.2, 0.25) is 0 Å². The number of carbonyl (C=O) groups excluding carboxylic acids is 1. The van der Waals surface area contributed by atoms with Crippen molar-refractivity contribution < 1.29 is 9.53 Å². The van der Waals surface area contributed by atoms with Crippen LogP contribution in [0.3, 0.4) is 0 Å². The summed E-state index contributed by atoms with van der Waals surface area (Å²) in [5.74, 6) is 1.35. The van der Waals surface area contributed by atoms with Gasteiger partial charge in [0.15, 0.2) is 0 Å². The van der Waals surface area contributed by atoms with Crippen molar-refractivity contribution in [3.05, 3.63) is 0 Å². The van der Waals surface area contributed by atoms with E-state index in [2.05, 4.69) is 5.32 Å². The van der Waals surface area contributed by atoms with E-state index >= 15 is 0 Å². The van der Waals surface area contributed by atoms with Crippen molar-refractivity contribution in [2.45, 2.75) is 51.7 Å². The van der Waals surface area contributed by atoms with Gasteiger partial charge in [-0.1, -0.05) is 6.42 Å². The third-order valence-corrected chi connectivity index (χ3v) is 4.14. The molecule has 18 heavy (non-hydrogen) atoms. The van der Waals surface area contributed by atoms with Crippen molar-refractivity contribution >= 4 is 6.09 Å². The normalized spacial score (nSPS) is 31.9. The minimum absolute atomic E-state index is 0.181. The Kier molecular flexibility index (Phi) is 3.85. The molecule has 104 valence electrons. The van der Waals surface area contributed by atoms with E-state index in [0.29, 0.717) is 12.0 Å². The van der Waals surface area contributed by atoms with Crippen LogP contribution < -0.4 is 5.32 Å². The van der Waals surface area contributed by atoms with Gasteiger partial charge in [-0.25, -0.2) is 4.79 Å². The minimum Gasteiger partial charge on any atom is -0.444 e. The first-order valence-electron chi connectivity index (χ1n) is 7.05. The van der Waals surface area contributed by atoms with Crippen LogP contribution in [-0.4, -0.2) is 42.8 Å². The Morgan fingerprint density at radius 2 is 2.00 bits per heavy atom. The fraction of sp³-hybridized carbons (Fsp3) is 0.929. The second-order valence-corrected chi connectivity index (χ2v) is 6.67. The number of fused-ring (bicyclic) bond motifs is 1. The zero-order chi connectivity index (χ0) is 13.3. The maximum Gasteiger partial charge on any atom is 0.410 e. The number of hydrogen-bond donors (Lipinski definition) is 1. The van der Waals surface area contributed by atoms with Gasteiger partial charge in [0, 0.05) is 19.6 Å². The van der Waals surface area contributed by atoms with E-state index in [1.807, 2.05) is 32.7 Å². The highest BCUT2D eigenvalue weighted by molar-refractivity contribution is 5.68. The summed E-state index contributed by atoms with van der Waals surface area (Å²) in [5.41, 5.74) is -0.409. The molecule has 0 spiro atoms. The SMILES string of the molecule is CN(C(=O)OC(C)(C)C)C1CCCC2CNCC21. The van der Waals surface area contributed by atoms with Gasteiger partial charge in [0.05, 0.1) is 0 Å². The zero-order valence-electron chi connectivity index (χ0n) is 12.0. The molecule has 1 amide bonds. The molecule has 2 rings (SSSR count). The van der Waals surface area contributed by atoms with Crippen LogP contribution in [0.4, 0.5) is 4.79 Å². The number of nitrogens with one attached hydrogen (secondary N) is 1. The number of rotatable bonds is 1. The van der Waals surface area contributed by atoms with E-state index in [0.717, 1.165) is 25.4 Å². The number of hydrogen-bond acceptors (Lipinski definition) is 3. The van der Waals surface area contributed by atoms with Crippen LogP contribution in [-0.2, 0) is 4.74 Å². The Bertz CT molecular complexity index is 311. The number of ether oxygens (including phenoxy) is 1. The van der Waals surface area contributed by atoms with Crippen molar-refractivity contribution in [3.63, 3.8) is 0 Å². The Labute approximate surface area is 110 Å². The van der Waals surface area contributed by atoms with Crippen molar-refractivity contribution in [1.29, 1.82) is 0 Å². The van der Waals surface area contributed by atoms with E-state index in [1.165, 1.54) is 12.8 Å².